The van der Waals surface area contributed by atoms with Gasteiger partial charge in [-0.15, -0.1) is 0 Å². The van der Waals surface area contributed by atoms with Crippen LogP contribution in [0, 0.1) is 11.3 Å². The van der Waals surface area contributed by atoms with Crippen LogP contribution < -0.4 is 16.0 Å². The molecule has 12 nitrogen and oxygen atoms in total. The van der Waals surface area contributed by atoms with Crippen molar-refractivity contribution in [1.82, 2.24) is 20.9 Å². The first-order valence-electron chi connectivity index (χ1n) is 17.2. The number of amides is 4. The van der Waals surface area contributed by atoms with Gasteiger partial charge in [0.25, 0.3) is 5.91 Å². The maximum Gasteiger partial charge on any atom is 0.289 e. The lowest BCUT2D eigenvalue weighted by atomic mass is 9.85. The Labute approximate surface area is 297 Å². The van der Waals surface area contributed by atoms with E-state index in [1.165, 1.54) is 4.90 Å². The lowest BCUT2D eigenvalue weighted by Gasteiger charge is -2.36. The van der Waals surface area contributed by atoms with Gasteiger partial charge in [-0.1, -0.05) is 62.5 Å². The number of likely N-dealkylation sites (tertiary alicyclic amines) is 1. The van der Waals surface area contributed by atoms with Gasteiger partial charge in [-0.2, -0.15) is 0 Å². The predicted octanol–water partition coefficient (Wildman–Crippen LogP) is 3.94. The van der Waals surface area contributed by atoms with Crippen LogP contribution in [0.4, 0.5) is 0 Å². The van der Waals surface area contributed by atoms with E-state index in [1.807, 2.05) is 27.7 Å². The minimum atomic E-state index is -1.07. The molecule has 0 bridgehead atoms. The topological polar surface area (TPSA) is 156 Å². The number of hydrogen-bond donors (Lipinski definition) is 3. The molecule has 4 amide bonds. The summed E-state index contributed by atoms with van der Waals surface area (Å²) in [5.74, 6) is -2.56. The first-order valence-corrected chi connectivity index (χ1v) is 18.0. The number of carbonyl (C=O) groups is 5. The van der Waals surface area contributed by atoms with Crippen LogP contribution >= 0.6 is 23.2 Å². The maximum atomic E-state index is 14.5. The molecule has 0 unspecified atom stereocenters. The number of hydrogen-bond acceptors (Lipinski definition) is 8. The highest BCUT2D eigenvalue weighted by Crippen LogP contribution is 2.40. The second-order valence-corrected chi connectivity index (χ2v) is 15.8. The number of oxime groups is 1. The lowest BCUT2D eigenvalue weighted by molar-refractivity contribution is -0.145. The molecule has 49 heavy (non-hydrogen) atoms. The van der Waals surface area contributed by atoms with Crippen LogP contribution in [0.15, 0.2) is 23.4 Å². The van der Waals surface area contributed by atoms with E-state index in [0.29, 0.717) is 41.0 Å². The Hall–Kier alpha value is -3.22. The maximum absolute atomic E-state index is 14.5. The van der Waals surface area contributed by atoms with Crippen molar-refractivity contribution in [3.05, 3.63) is 33.8 Å². The van der Waals surface area contributed by atoms with E-state index >= 15 is 0 Å². The lowest BCUT2D eigenvalue weighted by Crippen LogP contribution is -2.59. The summed E-state index contributed by atoms with van der Waals surface area (Å²) >= 11 is 12.5. The molecule has 3 fully saturated rings. The van der Waals surface area contributed by atoms with Gasteiger partial charge < -0.3 is 30.4 Å². The van der Waals surface area contributed by atoms with Crippen LogP contribution in [0.1, 0.15) is 91.0 Å². The minimum absolute atomic E-state index is 0.00217. The zero-order chi connectivity index (χ0) is 35.5. The molecule has 1 aliphatic carbocycles. The average molecular weight is 721 g/mol. The van der Waals surface area contributed by atoms with E-state index in [1.54, 1.807) is 18.2 Å². The molecule has 5 rings (SSSR count). The number of nitrogens with one attached hydrogen (secondary N) is 3. The SMILES string of the molecule is CCC[C@H](NC(=O)[C@@H]1C[C@]2(CC(c3cc(Cl)cc(Cl)c3)=NO2)CN1C(=O)[C@@H](NC(=O)CC1CCOCC1)C(C)(C)C)C(=O)C(=O)NC1CC1. The fraction of sp³-hybridized carbons (Fsp3) is 0.657. The summed E-state index contributed by atoms with van der Waals surface area (Å²) in [4.78, 5) is 75.3. The summed E-state index contributed by atoms with van der Waals surface area (Å²) in [6, 6.07) is 1.93. The number of ether oxygens (including phenoxy) is 1. The Bertz CT molecular complexity index is 1470. The highest BCUT2D eigenvalue weighted by Gasteiger charge is 2.55. The molecule has 1 saturated carbocycles. The Morgan fingerprint density at radius 2 is 1.69 bits per heavy atom. The molecule has 0 radical (unpaired) electrons. The van der Waals surface area contributed by atoms with Crippen LogP contribution in [-0.2, 0) is 33.5 Å². The second kappa shape index (κ2) is 15.3. The van der Waals surface area contributed by atoms with Crippen molar-refractivity contribution < 1.29 is 33.5 Å². The van der Waals surface area contributed by atoms with E-state index in [2.05, 4.69) is 21.1 Å². The van der Waals surface area contributed by atoms with Gasteiger partial charge in [0.05, 0.1) is 18.3 Å². The molecule has 1 aromatic carbocycles. The Kier molecular flexibility index (Phi) is 11.6. The van der Waals surface area contributed by atoms with Gasteiger partial charge >= 0.3 is 0 Å². The third kappa shape index (κ3) is 9.32. The van der Waals surface area contributed by atoms with Crippen molar-refractivity contribution in [2.75, 3.05) is 19.8 Å². The molecule has 14 heteroatoms. The van der Waals surface area contributed by atoms with Gasteiger partial charge in [0.1, 0.15) is 12.1 Å². The molecule has 4 aliphatic rings. The van der Waals surface area contributed by atoms with Crippen LogP contribution in [0.5, 0.6) is 0 Å². The van der Waals surface area contributed by atoms with Gasteiger partial charge in [0.15, 0.2) is 5.60 Å². The number of benzene rings is 1. The molecule has 1 aromatic rings. The molecule has 1 spiro atoms. The van der Waals surface area contributed by atoms with Gasteiger partial charge in [-0.05, 0) is 61.6 Å². The van der Waals surface area contributed by atoms with E-state index in [4.69, 9.17) is 32.8 Å². The van der Waals surface area contributed by atoms with Crippen LogP contribution in [0.25, 0.3) is 0 Å². The fourth-order valence-electron chi connectivity index (χ4n) is 6.72. The van der Waals surface area contributed by atoms with Gasteiger partial charge in [0.2, 0.25) is 23.5 Å². The van der Waals surface area contributed by atoms with Crippen molar-refractivity contribution >= 4 is 58.3 Å². The number of carbonyl (C=O) groups excluding carboxylic acids is 5. The smallest absolute Gasteiger partial charge is 0.289 e. The zero-order valence-electron chi connectivity index (χ0n) is 28.6. The fourth-order valence-corrected chi connectivity index (χ4v) is 7.25. The molecule has 268 valence electrons. The van der Waals surface area contributed by atoms with Crippen molar-refractivity contribution in [2.24, 2.45) is 16.5 Å². The number of halogens is 2. The first kappa shape index (κ1) is 37.0. The van der Waals surface area contributed by atoms with Crippen molar-refractivity contribution in [1.29, 1.82) is 0 Å². The molecule has 3 N–H and O–H groups in total. The third-order valence-corrected chi connectivity index (χ3v) is 10.0. The van der Waals surface area contributed by atoms with Crippen LogP contribution in [0.2, 0.25) is 10.0 Å². The molecule has 0 aromatic heterocycles. The predicted molar refractivity (Wildman–Crippen MR) is 184 cm³/mol. The summed E-state index contributed by atoms with van der Waals surface area (Å²) in [5.41, 5.74) is -0.560. The van der Waals surface area contributed by atoms with Crippen LogP contribution in [-0.4, -0.2) is 89.6 Å². The summed E-state index contributed by atoms with van der Waals surface area (Å²) in [6.07, 6.45) is 4.56. The Morgan fingerprint density at radius 3 is 2.31 bits per heavy atom. The highest BCUT2D eigenvalue weighted by atomic mass is 35.5. The number of rotatable bonds is 12. The third-order valence-electron chi connectivity index (χ3n) is 9.60. The quantitative estimate of drug-likeness (QED) is 0.277. The average Bonchev–Trinajstić information content (AvgIpc) is 3.63. The standard InChI is InChI=1S/C35H47Cl2N5O7/c1-5-6-25(29(44)32(46)38-24-7-8-24)39-31(45)27-18-35(17-26(41-49-35)21-14-22(36)16-23(37)15-21)19-42(27)33(47)30(34(2,3)4)40-28(43)13-20-9-11-48-12-10-20/h14-16,20,24-25,27,30H,5-13,17-19H2,1-4H3,(H,38,46)(H,39,45)(H,40,43)/t25-,27-,30+,35+/m0/s1. The molecule has 2 saturated heterocycles. The van der Waals surface area contributed by atoms with Crippen molar-refractivity contribution in [3.63, 3.8) is 0 Å². The van der Waals surface area contributed by atoms with Crippen molar-refractivity contribution in [2.45, 2.75) is 115 Å². The van der Waals surface area contributed by atoms with Crippen LogP contribution in [0.3, 0.4) is 0 Å². The molecule has 4 atom stereocenters. The zero-order valence-corrected chi connectivity index (χ0v) is 30.1. The van der Waals surface area contributed by atoms with E-state index < -0.39 is 52.6 Å². The van der Waals surface area contributed by atoms with E-state index in [0.717, 1.165) is 25.7 Å². The highest BCUT2D eigenvalue weighted by molar-refractivity contribution is 6.38. The largest absolute Gasteiger partial charge is 0.387 e. The number of nitrogens with zero attached hydrogens (tertiary/aromatic N) is 2. The van der Waals surface area contributed by atoms with Crippen molar-refractivity contribution in [3.8, 4) is 0 Å². The summed E-state index contributed by atoms with van der Waals surface area (Å²) in [7, 11) is 0. The first-order chi connectivity index (χ1) is 23.2. The summed E-state index contributed by atoms with van der Waals surface area (Å²) < 4.78 is 5.43. The van der Waals surface area contributed by atoms with E-state index in [9.17, 15) is 24.0 Å². The minimum Gasteiger partial charge on any atom is -0.387 e. The number of ketones is 1. The molecule has 3 aliphatic heterocycles. The Balaban J connectivity index is 1.39. The molecule has 3 heterocycles. The monoisotopic (exact) mass is 719 g/mol. The van der Waals surface area contributed by atoms with Gasteiger partial charge in [0, 0.05) is 54.1 Å². The van der Waals surface area contributed by atoms with Gasteiger partial charge in [-0.3, -0.25) is 24.0 Å². The second-order valence-electron chi connectivity index (χ2n) is 14.9. The summed E-state index contributed by atoms with van der Waals surface area (Å²) in [5, 5.41) is 13.7. The normalized spacial score (nSPS) is 23.8. The molecular formula is C35H47Cl2N5O7. The Morgan fingerprint density at radius 1 is 1.02 bits per heavy atom. The summed E-state index contributed by atoms with van der Waals surface area (Å²) in [6.45, 7) is 8.63. The van der Waals surface area contributed by atoms with E-state index in [-0.39, 0.29) is 50.1 Å². The molecular weight excluding hydrogens is 673 g/mol. The van der Waals surface area contributed by atoms with Gasteiger partial charge in [-0.25, -0.2) is 0 Å². The number of Topliss-reactive ketones (excluding diaryl/α,β-unsaturated/α-hetero) is 1.